The van der Waals surface area contributed by atoms with E-state index in [1.54, 1.807) is 12.1 Å². The summed E-state index contributed by atoms with van der Waals surface area (Å²) in [6.07, 6.45) is 2.34. The topological polar surface area (TPSA) is 0 Å². The molecule has 2 aromatic carbocycles. The molecule has 244 valence electrons. The number of rotatable bonds is 4. The Kier molecular flexibility index (Phi) is 12.1. The van der Waals surface area contributed by atoms with Gasteiger partial charge in [0.2, 0.25) is 0 Å². The molecule has 0 N–H and O–H groups in total. The van der Waals surface area contributed by atoms with Crippen LogP contribution >= 0.6 is 11.8 Å². The summed E-state index contributed by atoms with van der Waals surface area (Å²) in [5.74, 6) is 11.7. The lowest BCUT2D eigenvalue weighted by molar-refractivity contribution is -0.138. The van der Waals surface area contributed by atoms with Gasteiger partial charge in [-0.25, -0.2) is 0 Å². The molecule has 0 unspecified atom stereocenters. The second kappa shape index (κ2) is 15.4. The molecule has 7 heteroatoms. The molecule has 2 saturated carbocycles. The molecular formula is C38H44F6S. The Balaban J connectivity index is 1.94. The van der Waals surface area contributed by atoms with Gasteiger partial charge in [-0.3, -0.25) is 0 Å². The summed E-state index contributed by atoms with van der Waals surface area (Å²) in [7, 11) is 0. The summed E-state index contributed by atoms with van der Waals surface area (Å²) in [5, 5.41) is 0. The molecule has 0 heterocycles. The molecule has 0 nitrogen and oxygen atoms in total. The fourth-order valence-corrected chi connectivity index (χ4v) is 7.27. The fourth-order valence-electron chi connectivity index (χ4n) is 6.12. The maximum atomic E-state index is 14.6. The van der Waals surface area contributed by atoms with Crippen molar-refractivity contribution in [1.29, 1.82) is 0 Å². The summed E-state index contributed by atoms with van der Waals surface area (Å²) >= 11 is 0.941. The summed E-state index contributed by atoms with van der Waals surface area (Å²) in [4.78, 5) is 0.447. The minimum atomic E-state index is -4.67. The third kappa shape index (κ3) is 9.74. The van der Waals surface area contributed by atoms with Crippen LogP contribution < -0.4 is 0 Å². The molecule has 4 rings (SSSR count). The van der Waals surface area contributed by atoms with Crippen molar-refractivity contribution < 1.29 is 26.3 Å². The van der Waals surface area contributed by atoms with Gasteiger partial charge in [0.05, 0.1) is 22.3 Å². The van der Waals surface area contributed by atoms with Crippen molar-refractivity contribution in [2.75, 3.05) is 0 Å². The van der Waals surface area contributed by atoms with Crippen molar-refractivity contribution in [3.63, 3.8) is 0 Å². The molecule has 0 bridgehead atoms. The fraction of sp³-hybridized carbons (Fsp3) is 0.579. The highest BCUT2D eigenvalue weighted by atomic mass is 32.2. The highest BCUT2D eigenvalue weighted by Gasteiger charge is 2.37. The Morgan fingerprint density at radius 1 is 0.556 bits per heavy atom. The Morgan fingerprint density at radius 3 is 1.18 bits per heavy atom. The van der Waals surface area contributed by atoms with Gasteiger partial charge in [-0.2, -0.15) is 26.3 Å². The largest absolute Gasteiger partial charge is 0.417 e. The Labute approximate surface area is 269 Å². The molecule has 0 radical (unpaired) electrons. The molecule has 0 atom stereocenters. The van der Waals surface area contributed by atoms with Crippen LogP contribution in [-0.2, 0) is 12.4 Å². The third-order valence-corrected chi connectivity index (χ3v) is 10.0. The van der Waals surface area contributed by atoms with Gasteiger partial charge in [-0.05, 0) is 72.9 Å². The lowest BCUT2D eigenvalue weighted by Gasteiger charge is -2.20. The predicted molar refractivity (Wildman–Crippen MR) is 171 cm³/mol. The van der Waals surface area contributed by atoms with Gasteiger partial charge in [0, 0.05) is 21.6 Å². The van der Waals surface area contributed by atoms with E-state index in [0.29, 0.717) is 11.1 Å². The molecule has 0 spiro atoms. The number of alkyl halides is 6. The van der Waals surface area contributed by atoms with E-state index in [9.17, 15) is 26.3 Å². The quantitative estimate of drug-likeness (QED) is 0.181. The molecule has 0 aromatic heterocycles. The number of halogens is 6. The summed E-state index contributed by atoms with van der Waals surface area (Å²) < 4.78 is 87.7. The monoisotopic (exact) mass is 646 g/mol. The second-order valence-corrected chi connectivity index (χ2v) is 14.3. The lowest BCUT2D eigenvalue weighted by Crippen LogP contribution is -2.12. The Morgan fingerprint density at radius 2 is 0.889 bits per heavy atom. The zero-order chi connectivity index (χ0) is 32.8. The number of hydrogen-bond donors (Lipinski definition) is 0. The van der Waals surface area contributed by atoms with Crippen molar-refractivity contribution in [2.45, 2.75) is 139 Å². The third-order valence-electron chi connectivity index (χ3n) is 8.93. The molecule has 0 amide bonds. The zero-order valence-corrected chi connectivity index (χ0v) is 27.6. The van der Waals surface area contributed by atoms with E-state index in [-0.39, 0.29) is 44.6 Å². The summed E-state index contributed by atoms with van der Waals surface area (Å²) in [6, 6.07) is 5.67. The molecule has 2 aliphatic carbocycles. The van der Waals surface area contributed by atoms with Crippen LogP contribution in [0.4, 0.5) is 26.3 Å². The van der Waals surface area contributed by atoms with Crippen LogP contribution in [0.3, 0.4) is 0 Å². The Hall–Kier alpha value is -2.51. The maximum absolute atomic E-state index is 14.6. The van der Waals surface area contributed by atoms with Gasteiger partial charge in [0.15, 0.2) is 0 Å². The molecule has 2 fully saturated rings. The first-order chi connectivity index (χ1) is 21.2. The second-order valence-electron chi connectivity index (χ2n) is 13.2. The van der Waals surface area contributed by atoms with E-state index in [2.05, 4.69) is 23.7 Å². The highest BCUT2D eigenvalue weighted by Crippen LogP contribution is 2.45. The van der Waals surface area contributed by atoms with E-state index in [1.165, 1.54) is 0 Å². The van der Waals surface area contributed by atoms with Crippen LogP contribution in [0.25, 0.3) is 0 Å². The summed E-state index contributed by atoms with van der Waals surface area (Å²) in [6.45, 7) is 7.24. The van der Waals surface area contributed by atoms with Crippen LogP contribution in [0.2, 0.25) is 0 Å². The number of hydrogen-bond acceptors (Lipinski definition) is 1. The SMILES string of the molecule is CC(C)c1cc(Sc2cc(C(C)C)cc(C(F)(F)F)c2C#CC2CCCCCC2)c(C#CC2CCCCCC2)c(C(F)(F)F)c1. The van der Waals surface area contributed by atoms with Gasteiger partial charge in [0.1, 0.15) is 0 Å². The molecule has 45 heavy (non-hydrogen) atoms. The van der Waals surface area contributed by atoms with E-state index in [4.69, 9.17) is 0 Å². The van der Waals surface area contributed by atoms with Crippen molar-refractivity contribution >= 4 is 11.8 Å². The van der Waals surface area contributed by atoms with E-state index < -0.39 is 23.5 Å². The van der Waals surface area contributed by atoms with Gasteiger partial charge in [0.25, 0.3) is 0 Å². The minimum Gasteiger partial charge on any atom is -0.166 e. The molecule has 0 saturated heterocycles. The first-order valence-corrected chi connectivity index (χ1v) is 17.3. The lowest BCUT2D eigenvalue weighted by atomic mass is 9.95. The van der Waals surface area contributed by atoms with Gasteiger partial charge in [-0.15, -0.1) is 0 Å². The van der Waals surface area contributed by atoms with Crippen LogP contribution in [-0.4, -0.2) is 0 Å². The van der Waals surface area contributed by atoms with Gasteiger partial charge in [-0.1, -0.05) is 115 Å². The normalized spacial score (nSPS) is 17.3. The highest BCUT2D eigenvalue weighted by molar-refractivity contribution is 7.99. The first-order valence-electron chi connectivity index (χ1n) is 16.4. The van der Waals surface area contributed by atoms with Crippen LogP contribution in [0.1, 0.15) is 150 Å². The van der Waals surface area contributed by atoms with Gasteiger partial charge < -0.3 is 0 Å². The minimum absolute atomic E-state index is 0.00156. The molecule has 0 aliphatic heterocycles. The van der Waals surface area contributed by atoms with Gasteiger partial charge >= 0.3 is 12.4 Å². The summed E-state index contributed by atoms with van der Waals surface area (Å²) in [5.41, 5.74) is -1.06. The molecule has 2 aromatic rings. The van der Waals surface area contributed by atoms with Crippen LogP contribution in [0, 0.1) is 35.5 Å². The predicted octanol–water partition coefficient (Wildman–Crippen LogP) is 12.8. The van der Waals surface area contributed by atoms with Crippen LogP contribution in [0.5, 0.6) is 0 Å². The van der Waals surface area contributed by atoms with Crippen molar-refractivity contribution in [1.82, 2.24) is 0 Å². The average molecular weight is 647 g/mol. The first kappa shape index (κ1) is 35.3. The standard InChI is InChI=1S/C38H44F6S/c1-25(2)29-21-33(37(39,40)41)31(19-17-27-13-9-5-6-10-14-27)35(23-29)45-36-24-30(26(3)4)22-34(38(42,43)44)32(36)20-18-28-15-11-7-8-12-16-28/h21-28H,5-16H2,1-4H3. The molecular weight excluding hydrogens is 602 g/mol. The number of benzene rings is 2. The van der Waals surface area contributed by atoms with Crippen molar-refractivity contribution in [3.8, 4) is 23.7 Å². The van der Waals surface area contributed by atoms with Crippen molar-refractivity contribution in [2.24, 2.45) is 11.8 Å². The van der Waals surface area contributed by atoms with Crippen molar-refractivity contribution in [3.05, 3.63) is 57.6 Å². The van der Waals surface area contributed by atoms with E-state index in [1.807, 2.05) is 27.7 Å². The maximum Gasteiger partial charge on any atom is 0.417 e. The molecule has 2 aliphatic rings. The smallest absolute Gasteiger partial charge is 0.166 e. The Bertz CT molecular complexity index is 1320. The van der Waals surface area contributed by atoms with E-state index >= 15 is 0 Å². The van der Waals surface area contributed by atoms with E-state index in [0.717, 1.165) is 101 Å². The average Bonchev–Trinajstić information content (AvgIpc) is 3.39. The zero-order valence-electron chi connectivity index (χ0n) is 26.8. The van der Waals surface area contributed by atoms with Crippen LogP contribution in [0.15, 0.2) is 34.1 Å².